The van der Waals surface area contributed by atoms with Crippen molar-refractivity contribution in [1.29, 1.82) is 0 Å². The number of nitrogens with one attached hydrogen (secondary N) is 2. The smallest absolute Gasteiger partial charge is 0.123 e. The number of rotatable bonds is 2. The molecule has 1 unspecified atom stereocenters. The van der Waals surface area contributed by atoms with E-state index in [9.17, 15) is 0 Å². The van der Waals surface area contributed by atoms with Gasteiger partial charge in [-0.3, -0.25) is 4.68 Å². The van der Waals surface area contributed by atoms with Crippen molar-refractivity contribution in [3.05, 3.63) is 18.0 Å². The maximum Gasteiger partial charge on any atom is 0.123 e. The fraction of sp³-hybridized carbons (Fsp3) is 0.667. The number of aryl methyl sites for hydroxylation is 1. The van der Waals surface area contributed by atoms with E-state index in [1.165, 1.54) is 5.56 Å². The molecule has 0 radical (unpaired) electrons. The van der Waals surface area contributed by atoms with Gasteiger partial charge in [-0.1, -0.05) is 0 Å². The molecule has 2 heterocycles. The molecule has 4 nitrogen and oxygen atoms in total. The highest BCUT2D eigenvalue weighted by Gasteiger charge is 2.12. The summed E-state index contributed by atoms with van der Waals surface area (Å²) < 4.78 is 9.56. The summed E-state index contributed by atoms with van der Waals surface area (Å²) in [6.07, 6.45) is 4.80. The Hall–Kier alpha value is -0.870. The zero-order valence-electron chi connectivity index (χ0n) is 8.90. The minimum absolute atomic E-state index is 0.285. The van der Waals surface area contributed by atoms with Gasteiger partial charge in [-0.15, -0.1) is 0 Å². The molecular weight excluding hydrogens is 164 g/mol. The predicted octanol–water partition coefficient (Wildman–Crippen LogP) is -0.476. The van der Waals surface area contributed by atoms with Crippen LogP contribution in [0.25, 0.3) is 0 Å². The van der Waals surface area contributed by atoms with Crippen molar-refractivity contribution < 1.29 is 1.41 Å². The quantitative estimate of drug-likeness (QED) is 0.648. The first kappa shape index (κ1) is 7.53. The molecule has 0 spiro atoms. The zero-order chi connectivity index (χ0) is 9.97. The van der Waals surface area contributed by atoms with Gasteiger partial charge in [-0.25, -0.2) is 0 Å². The first-order valence-electron chi connectivity index (χ1n) is 5.14. The van der Waals surface area contributed by atoms with Gasteiger partial charge in [-0.2, -0.15) is 5.10 Å². The van der Waals surface area contributed by atoms with Crippen LogP contribution < -0.4 is 10.6 Å². The monoisotopic (exact) mass is 181 g/mol. The van der Waals surface area contributed by atoms with Crippen molar-refractivity contribution in [2.75, 3.05) is 19.6 Å². The van der Waals surface area contributed by atoms with E-state index in [1.807, 2.05) is 19.4 Å². The lowest BCUT2D eigenvalue weighted by atomic mass is 10.1. The molecule has 1 atom stereocenters. The van der Waals surface area contributed by atoms with E-state index in [4.69, 9.17) is 1.41 Å². The van der Waals surface area contributed by atoms with Gasteiger partial charge in [0.15, 0.2) is 0 Å². The van der Waals surface area contributed by atoms with Gasteiger partial charge in [0.2, 0.25) is 0 Å². The molecule has 2 N–H and O–H groups in total. The molecule has 0 aliphatic carbocycles. The van der Waals surface area contributed by atoms with Crippen LogP contribution in [0.3, 0.4) is 0 Å². The summed E-state index contributed by atoms with van der Waals surface area (Å²) >= 11 is 0. The highest BCUT2D eigenvalue weighted by atomic mass is 15.2. The Kier molecular flexibility index (Phi) is 2.25. The molecule has 0 aromatic carbocycles. The first-order valence-corrected chi connectivity index (χ1v) is 4.69. The number of hydrogen-bond acceptors (Lipinski definition) is 3. The van der Waals surface area contributed by atoms with Crippen molar-refractivity contribution in [1.82, 2.24) is 20.4 Å². The second-order valence-corrected chi connectivity index (χ2v) is 3.49. The van der Waals surface area contributed by atoms with Crippen LogP contribution in [0, 0.1) is 0 Å². The fourth-order valence-corrected chi connectivity index (χ4v) is 1.65. The van der Waals surface area contributed by atoms with Crippen molar-refractivity contribution >= 4 is 0 Å². The molecule has 1 fully saturated rings. The third-order valence-corrected chi connectivity index (χ3v) is 2.29. The van der Waals surface area contributed by atoms with E-state index in [0.717, 1.165) is 26.1 Å². The molecule has 1 saturated heterocycles. The standard InChI is InChI=1S/C9H16N4/c1-13-7-8(5-12-13)4-9-6-10-2-3-11-9/h5,7,9-11H,2-4,6H2,1H3/i/hD. The van der Waals surface area contributed by atoms with Crippen LogP contribution >= 0.6 is 0 Å². The van der Waals surface area contributed by atoms with E-state index in [-0.39, 0.29) is 6.04 Å². The van der Waals surface area contributed by atoms with E-state index < -0.39 is 0 Å². The van der Waals surface area contributed by atoms with Crippen LogP contribution in [-0.2, 0) is 13.5 Å². The van der Waals surface area contributed by atoms with Crippen LogP contribution in [0.15, 0.2) is 12.4 Å². The second kappa shape index (κ2) is 3.89. The van der Waals surface area contributed by atoms with Gasteiger partial charge < -0.3 is 10.6 Å². The molecule has 4 heteroatoms. The summed E-state index contributed by atoms with van der Waals surface area (Å²) in [5, 5.41) is 9.10. The minimum Gasteiger partial charge on any atom is -0.314 e. The third-order valence-electron chi connectivity index (χ3n) is 2.29. The topological polar surface area (TPSA) is 41.9 Å². The maximum atomic E-state index is 7.75. The number of hydrogen-bond donors (Lipinski definition) is 2. The van der Waals surface area contributed by atoms with Crippen LogP contribution in [0.1, 0.15) is 5.56 Å². The Morgan fingerprint density at radius 1 is 1.77 bits per heavy atom. The molecule has 1 aromatic rings. The van der Waals surface area contributed by atoms with Crippen LogP contribution in [0.2, 0.25) is 1.41 Å². The van der Waals surface area contributed by atoms with E-state index in [2.05, 4.69) is 10.4 Å². The fourth-order valence-electron chi connectivity index (χ4n) is 1.65. The SMILES string of the molecule is [2H]N1CCNCC1Cc1cnn(C)c1. The average Bonchev–Trinajstić information content (AvgIpc) is 2.56. The van der Waals surface area contributed by atoms with E-state index in [1.54, 1.807) is 9.99 Å². The number of nitrogens with zero attached hydrogens (tertiary/aromatic N) is 2. The molecule has 1 aliphatic heterocycles. The second-order valence-electron chi connectivity index (χ2n) is 3.49. The number of aromatic nitrogens is 2. The lowest BCUT2D eigenvalue weighted by Gasteiger charge is -2.23. The van der Waals surface area contributed by atoms with Gasteiger partial charge in [0.05, 0.1) is 6.20 Å². The predicted molar refractivity (Wildman–Crippen MR) is 51.6 cm³/mol. The van der Waals surface area contributed by atoms with Crippen molar-refractivity contribution in [2.24, 2.45) is 7.05 Å². The lowest BCUT2D eigenvalue weighted by molar-refractivity contribution is 0.416. The van der Waals surface area contributed by atoms with Gasteiger partial charge >= 0.3 is 0 Å². The van der Waals surface area contributed by atoms with Gasteiger partial charge in [-0.05, 0) is 12.0 Å². The normalized spacial score (nSPS) is 25.9. The Bertz CT molecular complexity index is 299. The summed E-state index contributed by atoms with van der Waals surface area (Å²) in [5.74, 6) is 0. The van der Waals surface area contributed by atoms with Gasteiger partial charge in [0.25, 0.3) is 0 Å². The molecule has 0 saturated carbocycles. The van der Waals surface area contributed by atoms with Crippen LogP contribution in [0.4, 0.5) is 0 Å². The molecule has 0 bridgehead atoms. The van der Waals surface area contributed by atoms with Crippen molar-refractivity contribution in [2.45, 2.75) is 12.5 Å². The lowest BCUT2D eigenvalue weighted by Crippen LogP contribution is -2.49. The van der Waals surface area contributed by atoms with Crippen LogP contribution in [0.5, 0.6) is 0 Å². The Balaban J connectivity index is 1.95. The van der Waals surface area contributed by atoms with Gasteiger partial charge in [0.1, 0.15) is 1.41 Å². The summed E-state index contributed by atoms with van der Waals surface area (Å²) in [6, 6.07) is 0.285. The highest BCUT2D eigenvalue weighted by molar-refractivity contribution is 5.06. The zero-order valence-corrected chi connectivity index (χ0v) is 7.90. The Morgan fingerprint density at radius 3 is 3.38 bits per heavy atom. The molecule has 0 amide bonds. The molecule has 1 aliphatic rings. The van der Waals surface area contributed by atoms with Crippen molar-refractivity contribution in [3.8, 4) is 0 Å². The molecule has 13 heavy (non-hydrogen) atoms. The summed E-state index contributed by atoms with van der Waals surface area (Å²) in [7, 11) is 1.92. The molecule has 72 valence electrons. The largest absolute Gasteiger partial charge is 0.314 e. The van der Waals surface area contributed by atoms with Crippen LogP contribution in [-0.4, -0.2) is 35.5 Å². The Morgan fingerprint density at radius 2 is 2.69 bits per heavy atom. The summed E-state index contributed by atoms with van der Waals surface area (Å²) in [4.78, 5) is 0. The maximum absolute atomic E-state index is 7.75. The number of piperazine rings is 1. The van der Waals surface area contributed by atoms with E-state index in [0.29, 0.717) is 0 Å². The van der Waals surface area contributed by atoms with Gasteiger partial charge in [0, 0.05) is 38.9 Å². The molecule has 1 aromatic heterocycles. The Labute approximate surface area is 79.8 Å². The van der Waals surface area contributed by atoms with Crippen molar-refractivity contribution in [3.63, 3.8) is 0 Å². The third kappa shape index (κ3) is 2.29. The highest BCUT2D eigenvalue weighted by Crippen LogP contribution is 2.02. The average molecular weight is 181 g/mol. The molecular formula is C9H16N4. The van der Waals surface area contributed by atoms with E-state index >= 15 is 0 Å². The first-order chi connectivity index (χ1) is 6.75. The molecule has 2 rings (SSSR count). The summed E-state index contributed by atoms with van der Waals surface area (Å²) in [5.41, 5.74) is 1.21. The summed E-state index contributed by atoms with van der Waals surface area (Å²) in [6.45, 7) is 2.64. The minimum atomic E-state index is 0.285.